The Bertz CT molecular complexity index is 678. The maximum Gasteiger partial charge on any atom is 0.322 e. The van der Waals surface area contributed by atoms with Crippen LogP contribution in [-0.2, 0) is 25.6 Å². The minimum atomic E-state index is -1.46. The Hall–Kier alpha value is -3.03. The van der Waals surface area contributed by atoms with Crippen LogP contribution in [0.25, 0.3) is 0 Å². The number of nitrogens with two attached hydrogens (primary N) is 1. The standard InChI is InChI=1S/C15H24N6O7/c1-7(23)12(21-13(26)9(16)5-22)15(28)20-10(2-8-3-17-6-19-8)14(27)18-4-11(24)25/h3,6-7,9-10,12,22-23H,2,4-5,16H2,1H3,(H,17,19)(H,18,27)(H,20,28)(H,21,26)(H,24,25). The number of aromatic nitrogens is 2. The second kappa shape index (κ2) is 11.0. The third-order valence-corrected chi connectivity index (χ3v) is 3.62. The van der Waals surface area contributed by atoms with Gasteiger partial charge in [-0.15, -0.1) is 0 Å². The first-order valence-corrected chi connectivity index (χ1v) is 8.27. The second-order valence-corrected chi connectivity index (χ2v) is 5.97. The van der Waals surface area contributed by atoms with Crippen molar-refractivity contribution in [3.8, 4) is 0 Å². The van der Waals surface area contributed by atoms with Crippen molar-refractivity contribution in [1.29, 1.82) is 0 Å². The van der Waals surface area contributed by atoms with Gasteiger partial charge in [-0.05, 0) is 6.92 Å². The Kier molecular flexibility index (Phi) is 9.01. The number of imidazole rings is 1. The molecule has 0 saturated heterocycles. The molecular formula is C15H24N6O7. The first-order valence-electron chi connectivity index (χ1n) is 8.27. The lowest BCUT2D eigenvalue weighted by molar-refractivity contribution is -0.138. The number of carbonyl (C=O) groups excluding carboxylic acids is 3. The Morgan fingerprint density at radius 1 is 1.21 bits per heavy atom. The van der Waals surface area contributed by atoms with E-state index in [-0.39, 0.29) is 6.42 Å². The van der Waals surface area contributed by atoms with E-state index in [1.165, 1.54) is 19.4 Å². The number of nitrogens with zero attached hydrogens (tertiary/aromatic N) is 1. The zero-order valence-electron chi connectivity index (χ0n) is 15.1. The van der Waals surface area contributed by atoms with E-state index in [4.69, 9.17) is 15.9 Å². The molecule has 3 amide bonds. The van der Waals surface area contributed by atoms with Gasteiger partial charge in [-0.25, -0.2) is 4.98 Å². The number of carbonyl (C=O) groups is 4. The molecule has 0 fully saturated rings. The average Bonchev–Trinajstić information content (AvgIpc) is 3.15. The monoisotopic (exact) mass is 400 g/mol. The summed E-state index contributed by atoms with van der Waals surface area (Å²) in [6, 6.07) is -3.97. The Labute approximate surface area is 159 Å². The lowest BCUT2D eigenvalue weighted by Crippen LogP contribution is -2.59. The zero-order chi connectivity index (χ0) is 21.3. The number of H-pyrrole nitrogens is 1. The van der Waals surface area contributed by atoms with E-state index in [1.54, 1.807) is 0 Å². The number of aromatic amines is 1. The summed E-state index contributed by atoms with van der Waals surface area (Å²) < 4.78 is 0. The summed E-state index contributed by atoms with van der Waals surface area (Å²) in [7, 11) is 0. The van der Waals surface area contributed by atoms with Gasteiger partial charge in [0.15, 0.2) is 0 Å². The van der Waals surface area contributed by atoms with Gasteiger partial charge in [-0.2, -0.15) is 0 Å². The van der Waals surface area contributed by atoms with Crippen molar-refractivity contribution in [3.05, 3.63) is 18.2 Å². The van der Waals surface area contributed by atoms with Gasteiger partial charge in [0.1, 0.15) is 24.7 Å². The lowest BCUT2D eigenvalue weighted by Gasteiger charge is -2.25. The second-order valence-electron chi connectivity index (χ2n) is 5.97. The Morgan fingerprint density at radius 2 is 1.89 bits per heavy atom. The van der Waals surface area contributed by atoms with Gasteiger partial charge >= 0.3 is 5.97 Å². The summed E-state index contributed by atoms with van der Waals surface area (Å²) in [4.78, 5) is 53.7. The van der Waals surface area contributed by atoms with Crippen LogP contribution in [0.2, 0.25) is 0 Å². The first-order chi connectivity index (χ1) is 13.1. The van der Waals surface area contributed by atoms with E-state index in [9.17, 15) is 24.3 Å². The zero-order valence-corrected chi connectivity index (χ0v) is 15.1. The number of rotatable bonds is 11. The van der Waals surface area contributed by atoms with Crippen molar-refractivity contribution in [2.24, 2.45) is 5.73 Å². The predicted molar refractivity (Wildman–Crippen MR) is 93.5 cm³/mol. The topological polar surface area (TPSA) is 220 Å². The molecule has 0 bridgehead atoms. The highest BCUT2D eigenvalue weighted by atomic mass is 16.4. The molecule has 0 aromatic carbocycles. The highest BCUT2D eigenvalue weighted by Gasteiger charge is 2.31. The highest BCUT2D eigenvalue weighted by Crippen LogP contribution is 2.02. The van der Waals surface area contributed by atoms with Gasteiger partial charge < -0.3 is 42.0 Å². The molecule has 1 aromatic rings. The van der Waals surface area contributed by atoms with Crippen LogP contribution >= 0.6 is 0 Å². The van der Waals surface area contributed by atoms with Crippen molar-refractivity contribution in [1.82, 2.24) is 25.9 Å². The van der Waals surface area contributed by atoms with Crippen LogP contribution in [0.3, 0.4) is 0 Å². The van der Waals surface area contributed by atoms with Crippen LogP contribution in [0.5, 0.6) is 0 Å². The summed E-state index contributed by atoms with van der Waals surface area (Å²) in [6.45, 7) is -0.0838. The molecule has 13 nitrogen and oxygen atoms in total. The quantitative estimate of drug-likeness (QED) is 0.180. The van der Waals surface area contributed by atoms with Crippen LogP contribution in [0.15, 0.2) is 12.5 Å². The molecule has 28 heavy (non-hydrogen) atoms. The van der Waals surface area contributed by atoms with Crippen molar-refractivity contribution < 1.29 is 34.5 Å². The highest BCUT2D eigenvalue weighted by molar-refractivity contribution is 5.94. The molecule has 0 saturated carbocycles. The van der Waals surface area contributed by atoms with E-state index in [2.05, 4.69) is 25.9 Å². The van der Waals surface area contributed by atoms with Gasteiger partial charge in [0.2, 0.25) is 17.7 Å². The number of amides is 3. The number of aliphatic carboxylic acids is 1. The fourth-order valence-corrected chi connectivity index (χ4v) is 2.12. The summed E-state index contributed by atoms with van der Waals surface area (Å²) in [5, 5.41) is 34.1. The van der Waals surface area contributed by atoms with Gasteiger partial charge in [0.05, 0.1) is 19.0 Å². The van der Waals surface area contributed by atoms with Crippen molar-refractivity contribution in [2.45, 2.75) is 37.6 Å². The number of carboxylic acids is 1. The van der Waals surface area contributed by atoms with Crippen LogP contribution < -0.4 is 21.7 Å². The van der Waals surface area contributed by atoms with Crippen molar-refractivity contribution >= 4 is 23.7 Å². The van der Waals surface area contributed by atoms with E-state index in [1.807, 2.05) is 0 Å². The largest absolute Gasteiger partial charge is 0.480 e. The van der Waals surface area contributed by atoms with Crippen molar-refractivity contribution in [2.75, 3.05) is 13.2 Å². The third-order valence-electron chi connectivity index (χ3n) is 3.62. The van der Waals surface area contributed by atoms with Gasteiger partial charge in [0, 0.05) is 18.3 Å². The number of carboxylic acid groups (broad SMARTS) is 1. The molecular weight excluding hydrogens is 376 g/mol. The van der Waals surface area contributed by atoms with E-state index in [0.717, 1.165) is 0 Å². The molecule has 0 spiro atoms. The smallest absolute Gasteiger partial charge is 0.322 e. The number of hydrogen-bond acceptors (Lipinski definition) is 8. The van der Waals surface area contributed by atoms with Crippen LogP contribution in [0, 0.1) is 0 Å². The number of nitrogens with one attached hydrogen (secondary N) is 4. The fourth-order valence-electron chi connectivity index (χ4n) is 2.12. The lowest BCUT2D eigenvalue weighted by atomic mass is 10.1. The van der Waals surface area contributed by atoms with Crippen LogP contribution in [-0.4, -0.2) is 86.4 Å². The molecule has 1 heterocycles. The van der Waals surface area contributed by atoms with Gasteiger partial charge in [0.25, 0.3) is 0 Å². The molecule has 0 aliphatic rings. The third kappa shape index (κ3) is 7.30. The van der Waals surface area contributed by atoms with E-state index < -0.39 is 61.1 Å². The molecule has 1 rings (SSSR count). The maximum absolute atomic E-state index is 12.5. The van der Waals surface area contributed by atoms with Crippen LogP contribution in [0.4, 0.5) is 0 Å². The molecule has 4 atom stereocenters. The number of aliphatic hydroxyl groups is 2. The molecule has 0 radical (unpaired) electrons. The molecule has 156 valence electrons. The maximum atomic E-state index is 12.5. The van der Waals surface area contributed by atoms with Gasteiger partial charge in [-0.3, -0.25) is 19.2 Å². The number of hydrogen-bond donors (Lipinski definition) is 8. The minimum Gasteiger partial charge on any atom is -0.480 e. The van der Waals surface area contributed by atoms with Gasteiger partial charge in [-0.1, -0.05) is 0 Å². The normalized spacial score (nSPS) is 15.0. The Morgan fingerprint density at radius 3 is 2.39 bits per heavy atom. The van der Waals surface area contributed by atoms with Crippen molar-refractivity contribution in [3.63, 3.8) is 0 Å². The van der Waals surface area contributed by atoms with E-state index in [0.29, 0.717) is 5.69 Å². The van der Waals surface area contributed by atoms with Crippen LogP contribution in [0.1, 0.15) is 12.6 Å². The summed E-state index contributed by atoms with van der Waals surface area (Å²) >= 11 is 0. The Balaban J connectivity index is 2.89. The molecule has 9 N–H and O–H groups in total. The summed E-state index contributed by atoms with van der Waals surface area (Å²) in [6.07, 6.45) is 1.38. The first kappa shape index (κ1) is 23.0. The number of aliphatic hydroxyl groups excluding tert-OH is 2. The molecule has 1 aromatic heterocycles. The molecule has 0 aliphatic heterocycles. The summed E-state index contributed by atoms with van der Waals surface area (Å²) in [5.74, 6) is -3.83. The molecule has 13 heteroatoms. The molecule has 0 aliphatic carbocycles. The minimum absolute atomic E-state index is 0.0478. The summed E-state index contributed by atoms with van der Waals surface area (Å²) in [5.41, 5.74) is 5.85. The molecule has 4 unspecified atom stereocenters. The fraction of sp³-hybridized carbons (Fsp3) is 0.533. The SMILES string of the molecule is CC(O)C(NC(=O)C(N)CO)C(=O)NC(Cc1cnc[nH]1)C(=O)NCC(=O)O. The average molecular weight is 400 g/mol. The predicted octanol–water partition coefficient (Wildman–Crippen LogP) is -4.18. The van der Waals surface area contributed by atoms with E-state index >= 15 is 0 Å².